The van der Waals surface area contributed by atoms with Crippen LogP contribution >= 0.6 is 0 Å². The Morgan fingerprint density at radius 1 is 1.23 bits per heavy atom. The first-order chi connectivity index (χ1) is 14.1. The summed E-state index contributed by atoms with van der Waals surface area (Å²) < 4.78 is 42.2. The predicted molar refractivity (Wildman–Crippen MR) is 104 cm³/mol. The van der Waals surface area contributed by atoms with Crippen molar-refractivity contribution in [2.24, 2.45) is 0 Å². The number of esters is 1. The third-order valence-corrected chi connectivity index (χ3v) is 5.95. The summed E-state index contributed by atoms with van der Waals surface area (Å²) in [6.45, 7) is 4.16. The number of hydrogen-bond donors (Lipinski definition) is 1. The van der Waals surface area contributed by atoms with Crippen LogP contribution < -0.4 is 11.2 Å². The molecule has 11 heteroatoms. The molecule has 1 aliphatic heterocycles. The van der Waals surface area contributed by atoms with Crippen molar-refractivity contribution in [3.8, 4) is 0 Å². The Hall–Kier alpha value is -2.76. The molecule has 1 aliphatic rings. The second-order valence-corrected chi connectivity index (χ2v) is 8.66. The van der Waals surface area contributed by atoms with Crippen molar-refractivity contribution < 1.29 is 26.9 Å². The summed E-state index contributed by atoms with van der Waals surface area (Å²) in [4.78, 5) is 37.3. The molecule has 2 aromatic rings. The molecule has 10 nitrogen and oxygen atoms in total. The van der Waals surface area contributed by atoms with Gasteiger partial charge in [0.2, 0.25) is 0 Å². The van der Waals surface area contributed by atoms with Crippen LogP contribution in [0.25, 0.3) is 0 Å². The Morgan fingerprint density at radius 3 is 2.53 bits per heavy atom. The van der Waals surface area contributed by atoms with Crippen LogP contribution in [0.5, 0.6) is 0 Å². The smallest absolute Gasteiger partial charge is 0.330 e. The number of nitrogens with one attached hydrogen (secondary N) is 1. The largest absolute Gasteiger partial charge is 0.460 e. The zero-order valence-electron chi connectivity index (χ0n) is 16.7. The van der Waals surface area contributed by atoms with Crippen LogP contribution in [0.2, 0.25) is 0 Å². The van der Waals surface area contributed by atoms with Gasteiger partial charge in [0.1, 0.15) is 18.4 Å². The number of aryl methyl sites for hydroxylation is 2. The molecule has 0 amide bonds. The number of carbonyl (C=O) groups is 1. The maximum atomic E-state index is 12.4. The van der Waals surface area contributed by atoms with Crippen LogP contribution in [-0.4, -0.2) is 42.8 Å². The molecule has 1 aromatic carbocycles. The quantitative estimate of drug-likeness (QED) is 0.517. The molecule has 0 saturated carbocycles. The number of H-pyrrole nitrogens is 1. The van der Waals surface area contributed by atoms with Crippen molar-refractivity contribution >= 4 is 16.1 Å². The third-order valence-electron chi connectivity index (χ3n) is 4.65. The zero-order valence-corrected chi connectivity index (χ0v) is 17.5. The molecule has 162 valence electrons. The van der Waals surface area contributed by atoms with Gasteiger partial charge >= 0.3 is 11.7 Å². The molecule has 3 atom stereocenters. The van der Waals surface area contributed by atoms with Crippen molar-refractivity contribution in [1.29, 1.82) is 0 Å². The molecule has 3 rings (SSSR count). The van der Waals surface area contributed by atoms with Gasteiger partial charge < -0.3 is 9.47 Å². The highest BCUT2D eigenvalue weighted by Gasteiger charge is 2.40. The fourth-order valence-electron chi connectivity index (χ4n) is 3.09. The first kappa shape index (κ1) is 21.9. The number of aromatic amines is 1. The minimum Gasteiger partial charge on any atom is -0.460 e. The summed E-state index contributed by atoms with van der Waals surface area (Å²) in [5.74, 6) is -0.583. The summed E-state index contributed by atoms with van der Waals surface area (Å²) in [5, 5.41) is 0. The van der Waals surface area contributed by atoms with E-state index in [9.17, 15) is 22.8 Å². The maximum absolute atomic E-state index is 12.4. The van der Waals surface area contributed by atoms with Gasteiger partial charge in [0.15, 0.2) is 0 Å². The summed E-state index contributed by atoms with van der Waals surface area (Å²) in [6, 6.07) is 6.14. The lowest BCUT2D eigenvalue weighted by molar-refractivity contribution is -0.150. The van der Waals surface area contributed by atoms with E-state index in [4.69, 9.17) is 13.7 Å². The van der Waals surface area contributed by atoms with E-state index in [0.717, 1.165) is 5.56 Å². The summed E-state index contributed by atoms with van der Waals surface area (Å²) in [7, 11) is -4.06. The minimum atomic E-state index is -4.06. The van der Waals surface area contributed by atoms with Crippen molar-refractivity contribution in [3.63, 3.8) is 0 Å². The molecule has 0 spiro atoms. The van der Waals surface area contributed by atoms with Gasteiger partial charge in [-0.25, -0.2) is 4.79 Å². The molecular formula is C19H22N2O8S. The lowest BCUT2D eigenvalue weighted by Gasteiger charge is -2.18. The van der Waals surface area contributed by atoms with E-state index < -0.39 is 52.4 Å². The van der Waals surface area contributed by atoms with Crippen LogP contribution in [0.4, 0.5) is 0 Å². The molecule has 2 heterocycles. The highest BCUT2D eigenvalue weighted by atomic mass is 32.2. The number of ether oxygens (including phenoxy) is 2. The van der Waals surface area contributed by atoms with Gasteiger partial charge in [-0.05, 0) is 26.0 Å². The Morgan fingerprint density at radius 2 is 1.90 bits per heavy atom. The van der Waals surface area contributed by atoms with Crippen LogP contribution in [0.1, 0.15) is 30.7 Å². The Labute approximate surface area is 172 Å². The molecule has 0 aliphatic carbocycles. The molecule has 0 unspecified atom stereocenters. The van der Waals surface area contributed by atoms with Gasteiger partial charge in [0.05, 0.1) is 11.5 Å². The summed E-state index contributed by atoms with van der Waals surface area (Å²) in [6.07, 6.45) is -1.21. The van der Waals surface area contributed by atoms with Crippen molar-refractivity contribution in [1.82, 2.24) is 9.55 Å². The van der Waals surface area contributed by atoms with E-state index in [2.05, 4.69) is 4.98 Å². The standard InChI is InChI=1S/C19H22N2O8S/c1-11-4-6-14(7-5-11)30(25,26)27-10-16-15(28-13(3)22)8-17(29-16)21-9-12(2)18(23)20-19(21)24/h4-7,9,15-17H,8,10H2,1-3H3,(H,20,23,24)/t15-,16-,17-/m1/s1. The van der Waals surface area contributed by atoms with Crippen LogP contribution in [0.3, 0.4) is 0 Å². The Balaban J connectivity index is 1.79. The van der Waals surface area contributed by atoms with E-state index in [-0.39, 0.29) is 11.3 Å². The maximum Gasteiger partial charge on any atom is 0.330 e. The highest BCUT2D eigenvalue weighted by molar-refractivity contribution is 7.86. The third kappa shape index (κ3) is 4.86. The number of hydrogen-bond acceptors (Lipinski definition) is 8. The number of rotatable bonds is 6. The Kier molecular flexibility index (Phi) is 6.25. The van der Waals surface area contributed by atoms with Gasteiger partial charge in [-0.1, -0.05) is 17.7 Å². The van der Waals surface area contributed by atoms with Gasteiger partial charge in [0.25, 0.3) is 15.7 Å². The molecule has 0 bridgehead atoms. The first-order valence-corrected chi connectivity index (χ1v) is 10.6. The topological polar surface area (TPSA) is 134 Å². The first-order valence-electron chi connectivity index (χ1n) is 9.17. The number of nitrogens with zero attached hydrogens (tertiary/aromatic N) is 1. The molecule has 1 N–H and O–H groups in total. The molecular weight excluding hydrogens is 416 g/mol. The average Bonchev–Trinajstić information content (AvgIpc) is 3.05. The predicted octanol–water partition coefficient (Wildman–Crippen LogP) is 0.778. The van der Waals surface area contributed by atoms with Crippen LogP contribution in [0, 0.1) is 13.8 Å². The average molecular weight is 438 g/mol. The van der Waals surface area contributed by atoms with Crippen molar-refractivity contribution in [3.05, 3.63) is 62.4 Å². The van der Waals surface area contributed by atoms with E-state index >= 15 is 0 Å². The van der Waals surface area contributed by atoms with E-state index in [1.807, 2.05) is 6.92 Å². The van der Waals surface area contributed by atoms with E-state index in [0.29, 0.717) is 5.56 Å². The second-order valence-electron chi connectivity index (χ2n) is 7.04. The summed E-state index contributed by atoms with van der Waals surface area (Å²) >= 11 is 0. The fraction of sp³-hybridized carbons (Fsp3) is 0.421. The Bertz CT molecular complexity index is 1150. The normalized spacial score (nSPS) is 21.5. The van der Waals surface area contributed by atoms with E-state index in [1.165, 1.54) is 36.7 Å². The van der Waals surface area contributed by atoms with Crippen LogP contribution in [-0.2, 0) is 28.6 Å². The summed E-state index contributed by atoms with van der Waals surface area (Å²) in [5.41, 5.74) is -0.0164. The zero-order chi connectivity index (χ0) is 22.1. The SMILES string of the molecule is CC(=O)O[C@@H]1C[C@H](n2cc(C)c(=O)[nH]c2=O)O[C@@H]1COS(=O)(=O)c1ccc(C)cc1. The lowest BCUT2D eigenvalue weighted by atomic mass is 10.2. The molecule has 1 aromatic heterocycles. The monoisotopic (exact) mass is 438 g/mol. The number of carbonyl (C=O) groups excluding carboxylic acids is 1. The highest BCUT2D eigenvalue weighted by Crippen LogP contribution is 2.31. The molecule has 1 fully saturated rings. The lowest BCUT2D eigenvalue weighted by Crippen LogP contribution is -2.33. The molecule has 1 saturated heterocycles. The van der Waals surface area contributed by atoms with Gasteiger partial charge in [-0.3, -0.25) is 23.3 Å². The van der Waals surface area contributed by atoms with Gasteiger partial charge in [-0.15, -0.1) is 0 Å². The van der Waals surface area contributed by atoms with Crippen molar-refractivity contribution in [2.75, 3.05) is 6.61 Å². The van der Waals surface area contributed by atoms with Gasteiger partial charge in [-0.2, -0.15) is 8.42 Å². The minimum absolute atomic E-state index is 0.0147. The van der Waals surface area contributed by atoms with Crippen molar-refractivity contribution in [2.45, 2.75) is 50.5 Å². The molecule has 30 heavy (non-hydrogen) atoms. The number of benzene rings is 1. The second kappa shape index (κ2) is 8.54. The fourth-order valence-corrected chi connectivity index (χ4v) is 4.01. The van der Waals surface area contributed by atoms with Gasteiger partial charge in [0, 0.05) is 25.1 Å². The molecule has 0 radical (unpaired) electrons. The van der Waals surface area contributed by atoms with Crippen LogP contribution in [0.15, 0.2) is 44.9 Å². The number of aromatic nitrogens is 2. The van der Waals surface area contributed by atoms with E-state index in [1.54, 1.807) is 12.1 Å².